The fraction of sp³-hybridized carbons (Fsp3) is 0.514. The van der Waals surface area contributed by atoms with Gasteiger partial charge in [-0.25, -0.2) is 9.97 Å². The van der Waals surface area contributed by atoms with Crippen LogP contribution in [0, 0.1) is 73.6 Å². The van der Waals surface area contributed by atoms with E-state index in [2.05, 4.69) is 101 Å². The van der Waals surface area contributed by atoms with Crippen LogP contribution in [-0.2, 0) is 17.3 Å². The third-order valence-electron chi connectivity index (χ3n) is 8.79. The Morgan fingerprint density at radius 1 is 0.615 bits per heavy atom. The second-order valence-electron chi connectivity index (χ2n) is 13.5. The molecule has 0 atom stereocenters. The van der Waals surface area contributed by atoms with Gasteiger partial charge in [0.1, 0.15) is 0 Å². The number of rotatable bonds is 4. The Balaban J connectivity index is 2.28. The summed E-state index contributed by atoms with van der Waals surface area (Å²) in [6.07, 6.45) is 0.758. The van der Waals surface area contributed by atoms with Gasteiger partial charge in [0.25, 0.3) is 0 Å². The first-order valence-electron chi connectivity index (χ1n) is 14.1. The Morgan fingerprint density at radius 2 is 1.08 bits per heavy atom. The van der Waals surface area contributed by atoms with Gasteiger partial charge < -0.3 is 5.32 Å². The molecule has 39 heavy (non-hydrogen) atoms. The van der Waals surface area contributed by atoms with Crippen molar-refractivity contribution >= 4 is 11.6 Å². The van der Waals surface area contributed by atoms with Gasteiger partial charge in [-0.3, -0.25) is 0 Å². The topological polar surface area (TPSA) is 61.6 Å². The minimum atomic E-state index is 0.000696. The standard InChI is InChI=1S/C35H48N4/c1-18-21(4)30(34(10,11)12)27(31(22(18)5)35(13,14)15)16-29-25(8)26(9)37-33(38-29)39-32-23(6)19(2)28(17-36)20(3)24(32)7/h16H2,1-15H3,(H,37,38,39). The third-order valence-corrected chi connectivity index (χ3v) is 8.79. The summed E-state index contributed by atoms with van der Waals surface area (Å²) in [6, 6.07) is 2.38. The largest absolute Gasteiger partial charge is 0.324 e. The lowest BCUT2D eigenvalue weighted by molar-refractivity contribution is 0.550. The van der Waals surface area contributed by atoms with Crippen LogP contribution in [0.3, 0.4) is 0 Å². The molecular weight excluding hydrogens is 476 g/mol. The number of hydrogen-bond donors (Lipinski definition) is 1. The second kappa shape index (κ2) is 10.4. The van der Waals surface area contributed by atoms with Gasteiger partial charge in [-0.05, 0) is 134 Å². The van der Waals surface area contributed by atoms with Crippen molar-refractivity contribution in [3.8, 4) is 6.07 Å². The van der Waals surface area contributed by atoms with Gasteiger partial charge in [0, 0.05) is 17.8 Å². The van der Waals surface area contributed by atoms with E-state index in [0.29, 0.717) is 5.95 Å². The minimum Gasteiger partial charge on any atom is -0.324 e. The van der Waals surface area contributed by atoms with E-state index in [1.165, 1.54) is 33.4 Å². The smallest absolute Gasteiger partial charge is 0.227 e. The number of benzene rings is 2. The monoisotopic (exact) mass is 524 g/mol. The van der Waals surface area contributed by atoms with Crippen molar-refractivity contribution in [2.75, 3.05) is 5.32 Å². The number of nitrogens with zero attached hydrogens (tertiary/aromatic N) is 3. The lowest BCUT2D eigenvalue weighted by Gasteiger charge is -2.35. The van der Waals surface area contributed by atoms with E-state index in [4.69, 9.17) is 9.97 Å². The third kappa shape index (κ3) is 5.46. The van der Waals surface area contributed by atoms with Crippen molar-refractivity contribution in [2.24, 2.45) is 0 Å². The summed E-state index contributed by atoms with van der Waals surface area (Å²) < 4.78 is 0. The molecule has 3 aromatic rings. The van der Waals surface area contributed by atoms with E-state index in [9.17, 15) is 5.26 Å². The summed E-state index contributed by atoms with van der Waals surface area (Å²) in [5.41, 5.74) is 17.5. The van der Waals surface area contributed by atoms with Crippen LogP contribution >= 0.6 is 0 Å². The Bertz CT molecular complexity index is 1430. The molecular formula is C35H48N4. The molecule has 0 aliphatic carbocycles. The summed E-state index contributed by atoms with van der Waals surface area (Å²) in [5, 5.41) is 13.2. The molecule has 2 aromatic carbocycles. The van der Waals surface area contributed by atoms with Gasteiger partial charge in [-0.15, -0.1) is 0 Å². The first kappa shape index (κ1) is 30.4. The summed E-state index contributed by atoms with van der Waals surface area (Å²) in [5.74, 6) is 0.609. The molecule has 208 valence electrons. The Morgan fingerprint density at radius 3 is 1.49 bits per heavy atom. The van der Waals surface area contributed by atoms with Crippen LogP contribution in [0.2, 0.25) is 0 Å². The molecule has 0 saturated carbocycles. The number of aromatic nitrogens is 2. The van der Waals surface area contributed by atoms with Crippen LogP contribution in [0.5, 0.6) is 0 Å². The molecule has 0 saturated heterocycles. The van der Waals surface area contributed by atoms with Crippen LogP contribution in [0.1, 0.15) is 120 Å². The molecule has 0 radical (unpaired) electrons. The molecule has 0 aliphatic heterocycles. The maximum Gasteiger partial charge on any atom is 0.227 e. The Kier molecular flexibility index (Phi) is 8.11. The molecule has 1 aromatic heterocycles. The highest BCUT2D eigenvalue weighted by molar-refractivity contribution is 5.70. The molecule has 0 bridgehead atoms. The Hall–Kier alpha value is -3.19. The number of aryl methyl sites for hydroxylation is 1. The van der Waals surface area contributed by atoms with Gasteiger partial charge in [-0.1, -0.05) is 41.5 Å². The van der Waals surface area contributed by atoms with E-state index in [1.807, 2.05) is 13.8 Å². The van der Waals surface area contributed by atoms with Gasteiger partial charge in [0.2, 0.25) is 5.95 Å². The highest BCUT2D eigenvalue weighted by Gasteiger charge is 2.31. The van der Waals surface area contributed by atoms with Crippen molar-refractivity contribution in [1.82, 2.24) is 9.97 Å². The second-order valence-corrected chi connectivity index (χ2v) is 13.5. The van der Waals surface area contributed by atoms with Gasteiger partial charge in [0.05, 0.1) is 17.3 Å². The van der Waals surface area contributed by atoms with Crippen LogP contribution < -0.4 is 5.32 Å². The average Bonchev–Trinajstić information content (AvgIpc) is 2.81. The fourth-order valence-electron chi connectivity index (χ4n) is 6.30. The van der Waals surface area contributed by atoms with Crippen LogP contribution in [0.25, 0.3) is 0 Å². The zero-order chi connectivity index (χ0) is 29.8. The number of hydrogen-bond acceptors (Lipinski definition) is 4. The Labute approximate surface area is 237 Å². The molecule has 0 aliphatic rings. The summed E-state index contributed by atoms with van der Waals surface area (Å²) in [4.78, 5) is 10.0. The lowest BCUT2D eigenvalue weighted by atomic mass is 9.70. The number of nitriles is 1. The van der Waals surface area contributed by atoms with Gasteiger partial charge in [0.15, 0.2) is 0 Å². The molecule has 1 N–H and O–H groups in total. The molecule has 1 heterocycles. The van der Waals surface area contributed by atoms with E-state index < -0.39 is 0 Å². The van der Waals surface area contributed by atoms with Crippen LogP contribution in [0.15, 0.2) is 0 Å². The predicted molar refractivity (Wildman–Crippen MR) is 166 cm³/mol. The summed E-state index contributed by atoms with van der Waals surface area (Å²) >= 11 is 0. The molecule has 4 nitrogen and oxygen atoms in total. The minimum absolute atomic E-state index is 0.000696. The first-order valence-corrected chi connectivity index (χ1v) is 14.1. The van der Waals surface area contributed by atoms with Crippen molar-refractivity contribution in [2.45, 2.75) is 121 Å². The normalized spacial score (nSPS) is 12.1. The lowest BCUT2D eigenvalue weighted by Crippen LogP contribution is -2.25. The van der Waals surface area contributed by atoms with E-state index in [0.717, 1.165) is 56.9 Å². The maximum atomic E-state index is 9.69. The molecule has 4 heteroatoms. The highest BCUT2D eigenvalue weighted by Crippen LogP contribution is 2.42. The van der Waals surface area contributed by atoms with E-state index in [1.54, 1.807) is 0 Å². The quantitative estimate of drug-likeness (QED) is 0.370. The van der Waals surface area contributed by atoms with Crippen molar-refractivity contribution in [3.63, 3.8) is 0 Å². The van der Waals surface area contributed by atoms with Gasteiger partial charge in [-0.2, -0.15) is 5.26 Å². The van der Waals surface area contributed by atoms with Crippen molar-refractivity contribution in [1.29, 1.82) is 5.26 Å². The zero-order valence-electron chi connectivity index (χ0n) is 27.0. The molecule has 3 rings (SSSR count). The first-order chi connectivity index (χ1) is 17.8. The van der Waals surface area contributed by atoms with Crippen LogP contribution in [-0.4, -0.2) is 9.97 Å². The summed E-state index contributed by atoms with van der Waals surface area (Å²) in [6.45, 7) is 33.2. The zero-order valence-corrected chi connectivity index (χ0v) is 27.0. The number of anilines is 2. The maximum absolute atomic E-state index is 9.69. The fourth-order valence-corrected chi connectivity index (χ4v) is 6.30. The molecule has 0 amide bonds. The van der Waals surface area contributed by atoms with Crippen LogP contribution in [0.4, 0.5) is 11.6 Å². The molecule has 0 fully saturated rings. The number of nitrogens with one attached hydrogen (secondary N) is 1. The SMILES string of the molecule is Cc1nc(Nc2c(C)c(C)c(C#N)c(C)c2C)nc(Cc2c(C(C)(C)C)c(C)c(C)c(C)c2C(C)(C)C)c1C. The van der Waals surface area contributed by atoms with Gasteiger partial charge >= 0.3 is 0 Å². The van der Waals surface area contributed by atoms with E-state index >= 15 is 0 Å². The van der Waals surface area contributed by atoms with Crippen molar-refractivity contribution < 1.29 is 0 Å². The average molecular weight is 525 g/mol. The van der Waals surface area contributed by atoms with Crippen molar-refractivity contribution in [3.05, 3.63) is 78.1 Å². The highest BCUT2D eigenvalue weighted by atomic mass is 15.1. The molecule has 0 spiro atoms. The molecule has 0 unspecified atom stereocenters. The summed E-state index contributed by atoms with van der Waals surface area (Å²) in [7, 11) is 0. The predicted octanol–water partition coefficient (Wildman–Crippen LogP) is 9.05. The van der Waals surface area contributed by atoms with E-state index in [-0.39, 0.29) is 10.8 Å².